The standard InChI is InChI=1S/C18H33NO3/c1-4-7-8-9-10-11-12-13-14-16(18(21)22)15-17(20)19(5-2)6-3/h4,16H,1,5-15H2,2-3H3,(H,21,22). The van der Waals surface area contributed by atoms with Crippen LogP contribution < -0.4 is 0 Å². The Labute approximate surface area is 135 Å². The van der Waals surface area contributed by atoms with Crippen molar-refractivity contribution in [3.05, 3.63) is 12.7 Å². The molecular weight excluding hydrogens is 278 g/mol. The number of unbranched alkanes of at least 4 members (excludes halogenated alkanes) is 6. The average molecular weight is 311 g/mol. The predicted octanol–water partition coefficient (Wildman–Crippen LogP) is 4.25. The highest BCUT2D eigenvalue weighted by Gasteiger charge is 2.22. The molecule has 0 aliphatic carbocycles. The normalized spacial score (nSPS) is 11.9. The van der Waals surface area contributed by atoms with E-state index in [-0.39, 0.29) is 12.3 Å². The number of allylic oxidation sites excluding steroid dienone is 1. The number of rotatable bonds is 14. The summed E-state index contributed by atoms with van der Waals surface area (Å²) >= 11 is 0. The van der Waals surface area contributed by atoms with E-state index >= 15 is 0 Å². The molecule has 0 saturated heterocycles. The number of carboxylic acids is 1. The lowest BCUT2D eigenvalue weighted by Crippen LogP contribution is -2.33. The summed E-state index contributed by atoms with van der Waals surface area (Å²) < 4.78 is 0. The highest BCUT2D eigenvalue weighted by molar-refractivity contribution is 5.82. The molecule has 1 N–H and O–H groups in total. The van der Waals surface area contributed by atoms with Crippen LogP contribution in [0, 0.1) is 5.92 Å². The quantitative estimate of drug-likeness (QED) is 0.385. The van der Waals surface area contributed by atoms with E-state index in [1.54, 1.807) is 4.90 Å². The van der Waals surface area contributed by atoms with Gasteiger partial charge in [-0.25, -0.2) is 0 Å². The number of nitrogens with zero attached hydrogens (tertiary/aromatic N) is 1. The van der Waals surface area contributed by atoms with Crippen molar-refractivity contribution >= 4 is 11.9 Å². The van der Waals surface area contributed by atoms with E-state index in [1.807, 2.05) is 19.9 Å². The molecule has 0 rings (SSSR count). The smallest absolute Gasteiger partial charge is 0.307 e. The fraction of sp³-hybridized carbons (Fsp3) is 0.778. The van der Waals surface area contributed by atoms with Crippen LogP contribution in [-0.4, -0.2) is 35.0 Å². The van der Waals surface area contributed by atoms with Gasteiger partial charge in [-0.3, -0.25) is 9.59 Å². The second-order valence-corrected chi connectivity index (χ2v) is 5.79. The van der Waals surface area contributed by atoms with Gasteiger partial charge in [0.25, 0.3) is 0 Å². The van der Waals surface area contributed by atoms with Gasteiger partial charge >= 0.3 is 5.97 Å². The number of aliphatic carboxylic acids is 1. The topological polar surface area (TPSA) is 57.6 Å². The molecule has 0 radical (unpaired) electrons. The molecule has 0 saturated carbocycles. The number of carboxylic acid groups (broad SMARTS) is 1. The molecule has 4 heteroatoms. The molecular formula is C18H33NO3. The van der Waals surface area contributed by atoms with Gasteiger partial charge in [-0.05, 0) is 33.1 Å². The minimum atomic E-state index is -0.841. The van der Waals surface area contributed by atoms with Crippen LogP contribution >= 0.6 is 0 Å². The van der Waals surface area contributed by atoms with Crippen LogP contribution in [0.1, 0.15) is 71.6 Å². The van der Waals surface area contributed by atoms with Gasteiger partial charge in [0, 0.05) is 19.5 Å². The van der Waals surface area contributed by atoms with Crippen molar-refractivity contribution in [3.8, 4) is 0 Å². The van der Waals surface area contributed by atoms with Crippen LogP contribution in [0.3, 0.4) is 0 Å². The summed E-state index contributed by atoms with van der Waals surface area (Å²) in [5.41, 5.74) is 0. The van der Waals surface area contributed by atoms with Gasteiger partial charge in [0.1, 0.15) is 0 Å². The summed E-state index contributed by atoms with van der Waals surface area (Å²) in [5, 5.41) is 9.27. The number of hydrogen-bond donors (Lipinski definition) is 1. The molecule has 0 fully saturated rings. The SMILES string of the molecule is C=CCCCCCCCCC(CC(=O)N(CC)CC)C(=O)O. The zero-order valence-corrected chi connectivity index (χ0v) is 14.4. The highest BCUT2D eigenvalue weighted by atomic mass is 16.4. The predicted molar refractivity (Wildman–Crippen MR) is 90.8 cm³/mol. The molecule has 22 heavy (non-hydrogen) atoms. The Bertz CT molecular complexity index is 324. The van der Waals surface area contributed by atoms with Crippen LogP contribution in [0.25, 0.3) is 0 Å². The van der Waals surface area contributed by atoms with Crippen molar-refractivity contribution in [2.75, 3.05) is 13.1 Å². The second kappa shape index (κ2) is 13.4. The first-order chi connectivity index (χ1) is 10.6. The summed E-state index contributed by atoms with van der Waals surface area (Å²) in [6.45, 7) is 8.84. The molecule has 0 heterocycles. The molecule has 128 valence electrons. The van der Waals surface area contributed by atoms with Gasteiger partial charge in [-0.15, -0.1) is 6.58 Å². The number of hydrogen-bond acceptors (Lipinski definition) is 2. The van der Waals surface area contributed by atoms with E-state index < -0.39 is 11.9 Å². The van der Waals surface area contributed by atoms with Gasteiger partial charge in [-0.2, -0.15) is 0 Å². The minimum absolute atomic E-state index is 0.0400. The molecule has 1 atom stereocenters. The molecule has 4 nitrogen and oxygen atoms in total. The second-order valence-electron chi connectivity index (χ2n) is 5.79. The molecule has 0 bridgehead atoms. The largest absolute Gasteiger partial charge is 0.481 e. The fourth-order valence-electron chi connectivity index (χ4n) is 2.62. The lowest BCUT2D eigenvalue weighted by Gasteiger charge is -2.21. The summed E-state index contributed by atoms with van der Waals surface area (Å²) in [6.07, 6.45) is 10.5. The highest BCUT2D eigenvalue weighted by Crippen LogP contribution is 2.17. The summed E-state index contributed by atoms with van der Waals surface area (Å²) in [5.74, 6) is -1.41. The first-order valence-electron chi connectivity index (χ1n) is 8.68. The Morgan fingerprint density at radius 1 is 1.05 bits per heavy atom. The van der Waals surface area contributed by atoms with E-state index in [4.69, 9.17) is 0 Å². The molecule has 0 aromatic heterocycles. The van der Waals surface area contributed by atoms with Crippen molar-refractivity contribution in [1.82, 2.24) is 4.90 Å². The summed E-state index contributed by atoms with van der Waals surface area (Å²) in [4.78, 5) is 25.0. The maximum atomic E-state index is 12.0. The zero-order valence-electron chi connectivity index (χ0n) is 14.4. The van der Waals surface area contributed by atoms with E-state index in [9.17, 15) is 14.7 Å². The molecule has 0 aromatic rings. The van der Waals surface area contributed by atoms with Crippen molar-refractivity contribution < 1.29 is 14.7 Å². The Morgan fingerprint density at radius 2 is 1.59 bits per heavy atom. The Morgan fingerprint density at radius 3 is 2.09 bits per heavy atom. The third-order valence-corrected chi connectivity index (χ3v) is 4.10. The Kier molecular flexibility index (Phi) is 12.5. The number of carbonyl (C=O) groups excluding carboxylic acids is 1. The maximum absolute atomic E-state index is 12.0. The van der Waals surface area contributed by atoms with Gasteiger partial charge in [0.15, 0.2) is 0 Å². The number of carbonyl (C=O) groups is 2. The molecule has 1 unspecified atom stereocenters. The van der Waals surface area contributed by atoms with Crippen LogP contribution in [0.15, 0.2) is 12.7 Å². The maximum Gasteiger partial charge on any atom is 0.307 e. The summed E-state index contributed by atoms with van der Waals surface area (Å²) in [7, 11) is 0. The van der Waals surface area contributed by atoms with Crippen molar-refractivity contribution in [2.45, 2.75) is 71.6 Å². The summed E-state index contributed by atoms with van der Waals surface area (Å²) in [6, 6.07) is 0. The molecule has 1 amide bonds. The molecule has 0 aliphatic rings. The zero-order chi connectivity index (χ0) is 16.8. The average Bonchev–Trinajstić information content (AvgIpc) is 2.49. The third-order valence-electron chi connectivity index (χ3n) is 4.10. The first kappa shape index (κ1) is 20.7. The minimum Gasteiger partial charge on any atom is -0.481 e. The lowest BCUT2D eigenvalue weighted by molar-refractivity contribution is -0.146. The van der Waals surface area contributed by atoms with E-state index in [0.717, 1.165) is 25.7 Å². The van der Waals surface area contributed by atoms with Crippen LogP contribution in [0.4, 0.5) is 0 Å². The molecule has 0 aromatic carbocycles. The van der Waals surface area contributed by atoms with E-state index in [1.165, 1.54) is 19.3 Å². The molecule has 0 aliphatic heterocycles. The Balaban J connectivity index is 3.93. The van der Waals surface area contributed by atoms with Crippen molar-refractivity contribution in [1.29, 1.82) is 0 Å². The van der Waals surface area contributed by atoms with Gasteiger partial charge in [-0.1, -0.05) is 38.2 Å². The van der Waals surface area contributed by atoms with Crippen molar-refractivity contribution in [3.63, 3.8) is 0 Å². The van der Waals surface area contributed by atoms with Crippen LogP contribution in [-0.2, 0) is 9.59 Å². The third kappa shape index (κ3) is 9.59. The van der Waals surface area contributed by atoms with Crippen molar-refractivity contribution in [2.24, 2.45) is 5.92 Å². The molecule has 0 spiro atoms. The van der Waals surface area contributed by atoms with E-state index in [2.05, 4.69) is 6.58 Å². The van der Waals surface area contributed by atoms with Crippen LogP contribution in [0.2, 0.25) is 0 Å². The van der Waals surface area contributed by atoms with Gasteiger partial charge in [0.05, 0.1) is 5.92 Å². The first-order valence-corrected chi connectivity index (χ1v) is 8.68. The van der Waals surface area contributed by atoms with Gasteiger partial charge < -0.3 is 10.0 Å². The van der Waals surface area contributed by atoms with Gasteiger partial charge in [0.2, 0.25) is 5.91 Å². The Hall–Kier alpha value is -1.32. The fourth-order valence-corrected chi connectivity index (χ4v) is 2.62. The monoisotopic (exact) mass is 311 g/mol. The number of amides is 1. The lowest BCUT2D eigenvalue weighted by atomic mass is 9.96. The van der Waals surface area contributed by atoms with Crippen LogP contribution in [0.5, 0.6) is 0 Å². The van der Waals surface area contributed by atoms with E-state index in [0.29, 0.717) is 19.5 Å².